The monoisotopic (exact) mass is 414 g/mol. The number of hydrogen-bond donors (Lipinski definition) is 2. The summed E-state index contributed by atoms with van der Waals surface area (Å²) in [5.41, 5.74) is 2.72. The quantitative estimate of drug-likeness (QED) is 0.295. The maximum Gasteiger partial charge on any atom is 0.306 e. The Morgan fingerprint density at radius 1 is 1.20 bits per heavy atom. The number of carbonyl (C=O) groups is 1. The Balaban J connectivity index is 1.29. The first-order valence-electron chi connectivity index (χ1n) is 11.6. The molecule has 0 atom stereocenters. The molecule has 3 rings (SSSR count). The smallest absolute Gasteiger partial charge is 0.306 e. The lowest BCUT2D eigenvalue weighted by Crippen LogP contribution is -2.48. The first-order valence-corrected chi connectivity index (χ1v) is 11.6. The third-order valence-corrected chi connectivity index (χ3v) is 6.09. The van der Waals surface area contributed by atoms with Crippen LogP contribution in [0.2, 0.25) is 0 Å². The van der Waals surface area contributed by atoms with E-state index >= 15 is 0 Å². The number of guanidine groups is 1. The molecule has 2 N–H and O–H groups in total. The molecule has 1 aromatic rings. The van der Waals surface area contributed by atoms with Gasteiger partial charge in [0.15, 0.2) is 5.96 Å². The van der Waals surface area contributed by atoms with Gasteiger partial charge in [0.1, 0.15) is 6.10 Å². The highest BCUT2D eigenvalue weighted by Gasteiger charge is 2.21. The van der Waals surface area contributed by atoms with E-state index in [0.29, 0.717) is 12.5 Å². The van der Waals surface area contributed by atoms with E-state index in [4.69, 9.17) is 4.74 Å². The Labute approximate surface area is 181 Å². The van der Waals surface area contributed by atoms with E-state index in [1.165, 1.54) is 24.0 Å². The Morgan fingerprint density at radius 2 is 1.97 bits per heavy atom. The van der Waals surface area contributed by atoms with Gasteiger partial charge in [-0.3, -0.25) is 14.7 Å². The van der Waals surface area contributed by atoms with Crippen LogP contribution in [0, 0.1) is 6.92 Å². The molecule has 30 heavy (non-hydrogen) atoms. The standard InChI is InChI=1S/C24H38N4O2/c1-19-7-5-8-20(17-19)18-28-15-12-21(13-16-28)27-24(25-2)26-14-6-11-23(29)30-22-9-3-4-10-22/h5,7-8,17,21-22H,3-4,6,9-16,18H2,1-2H3,(H2,25,26,27). The molecule has 6 heteroatoms. The fourth-order valence-corrected chi connectivity index (χ4v) is 4.38. The lowest BCUT2D eigenvalue weighted by molar-refractivity contribution is -0.148. The van der Waals surface area contributed by atoms with Crippen molar-refractivity contribution in [2.75, 3.05) is 26.7 Å². The van der Waals surface area contributed by atoms with Gasteiger partial charge in [0.05, 0.1) is 0 Å². The minimum Gasteiger partial charge on any atom is -0.462 e. The number of benzene rings is 1. The Bertz CT molecular complexity index is 692. The predicted octanol–water partition coefficient (Wildman–Crippen LogP) is 3.39. The van der Waals surface area contributed by atoms with Gasteiger partial charge in [0.2, 0.25) is 0 Å². The van der Waals surface area contributed by atoms with Gasteiger partial charge in [-0.1, -0.05) is 29.8 Å². The Morgan fingerprint density at radius 3 is 2.67 bits per heavy atom. The van der Waals surface area contributed by atoms with Crippen LogP contribution in [0.5, 0.6) is 0 Å². The number of piperidine rings is 1. The summed E-state index contributed by atoms with van der Waals surface area (Å²) in [5, 5.41) is 6.88. The molecule has 0 amide bonds. The van der Waals surface area contributed by atoms with Crippen molar-refractivity contribution < 1.29 is 9.53 Å². The molecule has 0 unspecified atom stereocenters. The van der Waals surface area contributed by atoms with Gasteiger partial charge in [-0.2, -0.15) is 0 Å². The average molecular weight is 415 g/mol. The summed E-state index contributed by atoms with van der Waals surface area (Å²) in [6, 6.07) is 9.23. The van der Waals surface area contributed by atoms with E-state index < -0.39 is 0 Å². The van der Waals surface area contributed by atoms with Crippen LogP contribution in [0.1, 0.15) is 62.5 Å². The van der Waals surface area contributed by atoms with Crippen LogP contribution in [0.3, 0.4) is 0 Å². The van der Waals surface area contributed by atoms with Crippen molar-refractivity contribution in [3.8, 4) is 0 Å². The molecule has 0 bridgehead atoms. The number of rotatable bonds is 8. The van der Waals surface area contributed by atoms with E-state index in [2.05, 4.69) is 51.7 Å². The molecule has 0 aromatic heterocycles. The van der Waals surface area contributed by atoms with Crippen molar-refractivity contribution in [1.82, 2.24) is 15.5 Å². The first kappa shape index (κ1) is 22.6. The fourth-order valence-electron chi connectivity index (χ4n) is 4.38. The molecule has 0 radical (unpaired) electrons. The topological polar surface area (TPSA) is 66.0 Å². The number of nitrogens with one attached hydrogen (secondary N) is 2. The van der Waals surface area contributed by atoms with Crippen LogP contribution in [-0.4, -0.2) is 55.7 Å². The maximum absolute atomic E-state index is 11.9. The zero-order chi connectivity index (χ0) is 21.2. The maximum atomic E-state index is 11.9. The molecule has 1 saturated carbocycles. The average Bonchev–Trinajstić information content (AvgIpc) is 3.24. The highest BCUT2D eigenvalue weighted by molar-refractivity contribution is 5.80. The normalized spacial score (nSPS) is 19.1. The molecule has 166 valence electrons. The van der Waals surface area contributed by atoms with E-state index in [-0.39, 0.29) is 12.1 Å². The molecule has 1 saturated heterocycles. The van der Waals surface area contributed by atoms with E-state index in [1.54, 1.807) is 7.05 Å². The highest BCUT2D eigenvalue weighted by Crippen LogP contribution is 2.21. The fraction of sp³-hybridized carbons (Fsp3) is 0.667. The summed E-state index contributed by atoms with van der Waals surface area (Å²) in [5.74, 6) is 0.768. The van der Waals surface area contributed by atoms with Crippen LogP contribution in [0.15, 0.2) is 29.3 Å². The molecule has 2 aliphatic rings. The Kier molecular flexibility index (Phi) is 9.00. The number of nitrogens with zero attached hydrogens (tertiary/aromatic N) is 2. The van der Waals surface area contributed by atoms with Crippen molar-refractivity contribution in [3.63, 3.8) is 0 Å². The SMILES string of the molecule is CN=C(NCCCC(=O)OC1CCCC1)NC1CCN(Cc2cccc(C)c2)CC1. The molecular formula is C24H38N4O2. The van der Waals surface area contributed by atoms with Crippen molar-refractivity contribution in [2.45, 2.75) is 77.0 Å². The molecule has 1 heterocycles. The van der Waals surface area contributed by atoms with Gasteiger partial charge in [0, 0.05) is 45.7 Å². The lowest BCUT2D eigenvalue weighted by atomic mass is 10.0. The van der Waals surface area contributed by atoms with Gasteiger partial charge in [-0.25, -0.2) is 0 Å². The molecular weight excluding hydrogens is 376 g/mol. The van der Waals surface area contributed by atoms with Gasteiger partial charge >= 0.3 is 5.97 Å². The molecule has 1 aliphatic heterocycles. The summed E-state index contributed by atoms with van der Waals surface area (Å²) in [6.45, 7) is 6.09. The molecule has 1 aromatic carbocycles. The molecule has 1 aliphatic carbocycles. The van der Waals surface area contributed by atoms with Crippen molar-refractivity contribution in [2.24, 2.45) is 4.99 Å². The van der Waals surface area contributed by atoms with Crippen LogP contribution in [0.4, 0.5) is 0 Å². The largest absolute Gasteiger partial charge is 0.462 e. The second-order valence-electron chi connectivity index (χ2n) is 8.68. The second-order valence-corrected chi connectivity index (χ2v) is 8.68. The van der Waals surface area contributed by atoms with E-state index in [1.807, 2.05) is 0 Å². The van der Waals surface area contributed by atoms with Crippen LogP contribution < -0.4 is 10.6 Å². The van der Waals surface area contributed by atoms with Gasteiger partial charge in [-0.15, -0.1) is 0 Å². The Hall–Kier alpha value is -2.08. The number of aliphatic imine (C=N–C) groups is 1. The van der Waals surface area contributed by atoms with Crippen LogP contribution in [0.25, 0.3) is 0 Å². The van der Waals surface area contributed by atoms with Gasteiger partial charge in [0.25, 0.3) is 0 Å². The van der Waals surface area contributed by atoms with Crippen molar-refractivity contribution >= 4 is 11.9 Å². The van der Waals surface area contributed by atoms with Crippen molar-refractivity contribution in [3.05, 3.63) is 35.4 Å². The summed E-state index contributed by atoms with van der Waals surface area (Å²) in [4.78, 5) is 18.8. The van der Waals surface area contributed by atoms with E-state index in [0.717, 1.165) is 64.2 Å². The lowest BCUT2D eigenvalue weighted by Gasteiger charge is -2.33. The third kappa shape index (κ3) is 7.63. The zero-order valence-corrected chi connectivity index (χ0v) is 18.7. The first-order chi connectivity index (χ1) is 14.6. The minimum atomic E-state index is -0.0624. The second kappa shape index (κ2) is 11.9. The number of ether oxygens (including phenoxy) is 1. The predicted molar refractivity (Wildman–Crippen MR) is 122 cm³/mol. The molecule has 6 nitrogen and oxygen atoms in total. The summed E-state index contributed by atoms with van der Waals surface area (Å²) < 4.78 is 5.51. The van der Waals surface area contributed by atoms with Crippen LogP contribution >= 0.6 is 0 Å². The molecule has 2 fully saturated rings. The number of aryl methyl sites for hydroxylation is 1. The van der Waals surface area contributed by atoms with Gasteiger partial charge < -0.3 is 15.4 Å². The summed E-state index contributed by atoms with van der Waals surface area (Å²) in [7, 11) is 1.80. The summed E-state index contributed by atoms with van der Waals surface area (Å²) >= 11 is 0. The van der Waals surface area contributed by atoms with Crippen LogP contribution in [-0.2, 0) is 16.1 Å². The van der Waals surface area contributed by atoms with Crippen molar-refractivity contribution in [1.29, 1.82) is 0 Å². The number of carbonyl (C=O) groups excluding carboxylic acids is 1. The van der Waals surface area contributed by atoms with E-state index in [9.17, 15) is 4.79 Å². The highest BCUT2D eigenvalue weighted by atomic mass is 16.5. The zero-order valence-electron chi connectivity index (χ0n) is 18.7. The minimum absolute atomic E-state index is 0.0624. The number of likely N-dealkylation sites (tertiary alicyclic amines) is 1. The number of esters is 1. The molecule has 0 spiro atoms. The third-order valence-electron chi connectivity index (χ3n) is 6.09. The summed E-state index contributed by atoms with van der Waals surface area (Å²) in [6.07, 6.45) is 8.06. The van der Waals surface area contributed by atoms with Gasteiger partial charge in [-0.05, 0) is 57.4 Å². The number of hydrogen-bond acceptors (Lipinski definition) is 4.